The van der Waals surface area contributed by atoms with Gasteiger partial charge in [-0.3, -0.25) is 14.4 Å². The van der Waals surface area contributed by atoms with Crippen molar-refractivity contribution in [3.63, 3.8) is 0 Å². The fraction of sp³-hybridized carbons (Fsp3) is 0.250. The molecular formula is C20H21ClN4O3S2. The van der Waals surface area contributed by atoms with Gasteiger partial charge in [-0.1, -0.05) is 54.1 Å². The molecule has 0 aliphatic rings. The number of hydrogen-bond donors (Lipinski definition) is 1. The Morgan fingerprint density at radius 3 is 2.50 bits per heavy atom. The molecule has 1 N–H and O–H groups in total. The van der Waals surface area contributed by atoms with Crippen LogP contribution in [-0.4, -0.2) is 36.8 Å². The van der Waals surface area contributed by atoms with E-state index in [2.05, 4.69) is 15.5 Å². The second-order valence-electron chi connectivity index (χ2n) is 6.73. The van der Waals surface area contributed by atoms with E-state index in [1.807, 2.05) is 25.1 Å². The largest absolute Gasteiger partial charge is 0.299 e. The molecule has 0 unspecified atom stereocenters. The molecule has 2 aromatic carbocycles. The molecule has 0 saturated carbocycles. The average molecular weight is 465 g/mol. The van der Waals surface area contributed by atoms with Crippen molar-refractivity contribution in [2.24, 2.45) is 0 Å². The van der Waals surface area contributed by atoms with Crippen LogP contribution < -0.4 is 9.62 Å². The van der Waals surface area contributed by atoms with Crippen LogP contribution in [0.1, 0.15) is 18.9 Å². The molecule has 0 spiro atoms. The number of halogens is 1. The molecule has 0 radical (unpaired) electrons. The number of nitrogens with zero attached hydrogens (tertiary/aromatic N) is 3. The van der Waals surface area contributed by atoms with Crippen molar-refractivity contribution >= 4 is 49.7 Å². The first-order chi connectivity index (χ1) is 14.2. The number of carbonyl (C=O) groups excluding carboxylic acids is 1. The van der Waals surface area contributed by atoms with Crippen molar-refractivity contribution in [3.05, 3.63) is 59.1 Å². The van der Waals surface area contributed by atoms with Gasteiger partial charge < -0.3 is 0 Å². The van der Waals surface area contributed by atoms with Gasteiger partial charge in [0.25, 0.3) is 0 Å². The van der Waals surface area contributed by atoms with Gasteiger partial charge in [-0.2, -0.15) is 0 Å². The van der Waals surface area contributed by atoms with Gasteiger partial charge in [0.05, 0.1) is 11.9 Å². The summed E-state index contributed by atoms with van der Waals surface area (Å²) in [7, 11) is -3.70. The van der Waals surface area contributed by atoms with Gasteiger partial charge >= 0.3 is 0 Å². The van der Waals surface area contributed by atoms with E-state index in [1.165, 1.54) is 11.3 Å². The van der Waals surface area contributed by atoms with Gasteiger partial charge in [0.15, 0.2) is 0 Å². The van der Waals surface area contributed by atoms with Crippen LogP contribution in [0.5, 0.6) is 0 Å². The Hall–Kier alpha value is -2.49. The number of hydrogen-bond acceptors (Lipinski definition) is 6. The van der Waals surface area contributed by atoms with Crippen LogP contribution >= 0.6 is 22.9 Å². The van der Waals surface area contributed by atoms with Crippen molar-refractivity contribution < 1.29 is 13.2 Å². The van der Waals surface area contributed by atoms with E-state index in [9.17, 15) is 13.2 Å². The molecule has 0 fully saturated rings. The molecule has 0 bridgehead atoms. The van der Waals surface area contributed by atoms with Gasteiger partial charge in [0, 0.05) is 10.6 Å². The maximum absolute atomic E-state index is 13.0. The minimum absolute atomic E-state index is 0.287. The predicted molar refractivity (Wildman–Crippen MR) is 122 cm³/mol. The van der Waals surface area contributed by atoms with E-state index < -0.39 is 22.0 Å². The second kappa shape index (κ2) is 9.11. The summed E-state index contributed by atoms with van der Waals surface area (Å²) < 4.78 is 26.2. The SMILES string of the molecule is CC[C@H](C(=O)Nc1nnc(-c2ccc(Cl)cc2)s1)N(c1cccc(C)c1)S(C)(=O)=O. The van der Waals surface area contributed by atoms with Crippen LogP contribution in [0.4, 0.5) is 10.8 Å². The summed E-state index contributed by atoms with van der Waals surface area (Å²) in [6.07, 6.45) is 1.38. The molecule has 30 heavy (non-hydrogen) atoms. The maximum Gasteiger partial charge on any atom is 0.250 e. The van der Waals surface area contributed by atoms with Gasteiger partial charge in [-0.05, 0) is 43.2 Å². The van der Waals surface area contributed by atoms with E-state index in [-0.39, 0.29) is 6.42 Å². The van der Waals surface area contributed by atoms with Gasteiger partial charge in [0.1, 0.15) is 11.0 Å². The predicted octanol–water partition coefficient (Wildman–Crippen LogP) is 4.35. The van der Waals surface area contributed by atoms with E-state index in [1.54, 1.807) is 37.3 Å². The van der Waals surface area contributed by atoms with Crippen LogP contribution in [0, 0.1) is 6.92 Å². The quantitative estimate of drug-likeness (QED) is 0.561. The fourth-order valence-electron chi connectivity index (χ4n) is 3.00. The topological polar surface area (TPSA) is 92.3 Å². The zero-order valence-corrected chi connectivity index (χ0v) is 19.1. The zero-order valence-electron chi connectivity index (χ0n) is 16.7. The normalized spacial score (nSPS) is 12.4. The minimum atomic E-state index is -3.70. The number of rotatable bonds is 7. The summed E-state index contributed by atoms with van der Waals surface area (Å²) in [6, 6.07) is 13.2. The first kappa shape index (κ1) is 22.2. The van der Waals surface area contributed by atoms with Crippen LogP contribution in [0.2, 0.25) is 5.02 Å². The number of sulfonamides is 1. The number of amides is 1. The molecule has 10 heteroatoms. The molecule has 1 atom stereocenters. The number of nitrogens with one attached hydrogen (secondary N) is 1. The smallest absolute Gasteiger partial charge is 0.250 e. The summed E-state index contributed by atoms with van der Waals surface area (Å²) in [5.74, 6) is -0.469. The summed E-state index contributed by atoms with van der Waals surface area (Å²) in [6.45, 7) is 3.63. The summed E-state index contributed by atoms with van der Waals surface area (Å²) in [5, 5.41) is 12.3. The molecule has 0 saturated heterocycles. The molecule has 158 valence electrons. The molecule has 0 aliphatic carbocycles. The lowest BCUT2D eigenvalue weighted by molar-refractivity contribution is -0.117. The van der Waals surface area contributed by atoms with Crippen molar-refractivity contribution in [1.29, 1.82) is 0 Å². The number of aromatic nitrogens is 2. The Bertz CT molecular complexity index is 1150. The fourth-order valence-corrected chi connectivity index (χ4v) is 5.08. The van der Waals surface area contributed by atoms with Crippen molar-refractivity contribution in [1.82, 2.24) is 10.2 Å². The van der Waals surface area contributed by atoms with Gasteiger partial charge in [-0.15, -0.1) is 10.2 Å². The highest BCUT2D eigenvalue weighted by atomic mass is 35.5. The number of anilines is 2. The third-order valence-electron chi connectivity index (χ3n) is 4.33. The van der Waals surface area contributed by atoms with Crippen LogP contribution in [0.3, 0.4) is 0 Å². The first-order valence-electron chi connectivity index (χ1n) is 9.15. The van der Waals surface area contributed by atoms with Crippen LogP contribution in [-0.2, 0) is 14.8 Å². The lowest BCUT2D eigenvalue weighted by atomic mass is 10.1. The molecule has 3 aromatic rings. The van der Waals surface area contributed by atoms with Crippen molar-refractivity contribution in [2.75, 3.05) is 15.9 Å². The monoisotopic (exact) mass is 464 g/mol. The number of aryl methyl sites for hydroxylation is 1. The third-order valence-corrected chi connectivity index (χ3v) is 6.65. The van der Waals surface area contributed by atoms with Crippen LogP contribution in [0.25, 0.3) is 10.6 Å². The highest BCUT2D eigenvalue weighted by molar-refractivity contribution is 7.92. The summed E-state index contributed by atoms with van der Waals surface area (Å²) in [5.41, 5.74) is 2.16. The molecule has 1 aromatic heterocycles. The minimum Gasteiger partial charge on any atom is -0.299 e. The number of carbonyl (C=O) groups is 1. The highest BCUT2D eigenvalue weighted by Crippen LogP contribution is 2.28. The maximum atomic E-state index is 13.0. The second-order valence-corrected chi connectivity index (χ2v) is 10.0. The van der Waals surface area contributed by atoms with Crippen molar-refractivity contribution in [3.8, 4) is 10.6 Å². The van der Waals surface area contributed by atoms with E-state index >= 15 is 0 Å². The Balaban J connectivity index is 1.85. The molecule has 7 nitrogen and oxygen atoms in total. The third kappa shape index (κ3) is 5.16. The van der Waals surface area contributed by atoms with Crippen molar-refractivity contribution in [2.45, 2.75) is 26.3 Å². The Morgan fingerprint density at radius 2 is 1.90 bits per heavy atom. The Morgan fingerprint density at radius 1 is 1.20 bits per heavy atom. The summed E-state index contributed by atoms with van der Waals surface area (Å²) in [4.78, 5) is 13.0. The van der Waals surface area contributed by atoms with Crippen LogP contribution in [0.15, 0.2) is 48.5 Å². The average Bonchev–Trinajstić information content (AvgIpc) is 3.13. The lowest BCUT2D eigenvalue weighted by Crippen LogP contribution is -2.47. The Kier molecular flexibility index (Phi) is 6.74. The molecule has 1 heterocycles. The molecule has 1 amide bonds. The van der Waals surface area contributed by atoms with E-state index in [0.29, 0.717) is 20.8 Å². The molecular weight excluding hydrogens is 444 g/mol. The van der Waals surface area contributed by atoms with Gasteiger partial charge in [0.2, 0.25) is 21.1 Å². The molecule has 0 aliphatic heterocycles. The standard InChI is InChI=1S/C20H21ClN4O3S2/c1-4-17(25(30(3,27)28)16-7-5-6-13(2)12-16)18(26)22-20-24-23-19(29-20)14-8-10-15(21)11-9-14/h5-12,17H,4H2,1-3H3,(H,22,24,26)/t17-/m1/s1. The number of benzene rings is 2. The zero-order chi connectivity index (χ0) is 21.9. The Labute approximate surface area is 184 Å². The van der Waals surface area contributed by atoms with E-state index in [0.717, 1.165) is 21.7 Å². The highest BCUT2D eigenvalue weighted by Gasteiger charge is 2.32. The summed E-state index contributed by atoms with van der Waals surface area (Å²) >= 11 is 7.11. The van der Waals surface area contributed by atoms with Gasteiger partial charge in [-0.25, -0.2) is 8.42 Å². The first-order valence-corrected chi connectivity index (χ1v) is 12.2. The molecule has 3 rings (SSSR count). The van der Waals surface area contributed by atoms with E-state index in [4.69, 9.17) is 11.6 Å². The lowest BCUT2D eigenvalue weighted by Gasteiger charge is -2.30.